The largest absolute Gasteiger partial charge is 0.375 e. The summed E-state index contributed by atoms with van der Waals surface area (Å²) in [4.78, 5) is 14.7. The maximum absolute atomic E-state index is 12.8. The minimum Gasteiger partial charge on any atom is -0.375 e. The van der Waals surface area contributed by atoms with E-state index in [4.69, 9.17) is 4.74 Å². The van der Waals surface area contributed by atoms with Gasteiger partial charge in [0.15, 0.2) is 0 Å². The molecule has 1 aliphatic heterocycles. The molecule has 2 aromatic rings. The Morgan fingerprint density at radius 2 is 2.19 bits per heavy atom. The van der Waals surface area contributed by atoms with Crippen LogP contribution >= 0.6 is 0 Å². The standard InChI is InChI=1S/C21H28N4O2/c1-2-17-15-24(11-12-27-17)21(26)23-19-9-6-10-20-18(19)13-22-25(20)14-16-7-4-3-5-8-16/h3-5,7-8,13,17,19H,2,6,9-12,14-15H2,1H3,(H,23,26)/t17-,19+/m1/s1. The van der Waals surface area contributed by atoms with E-state index in [2.05, 4.69) is 46.3 Å². The highest BCUT2D eigenvalue weighted by Crippen LogP contribution is 2.30. The van der Waals surface area contributed by atoms with Crippen molar-refractivity contribution in [3.8, 4) is 0 Å². The van der Waals surface area contributed by atoms with Crippen molar-refractivity contribution in [3.63, 3.8) is 0 Å². The lowest BCUT2D eigenvalue weighted by Crippen LogP contribution is -2.50. The van der Waals surface area contributed by atoms with Gasteiger partial charge in [0.1, 0.15) is 0 Å². The van der Waals surface area contributed by atoms with E-state index in [1.807, 2.05) is 17.2 Å². The number of rotatable bonds is 4. The molecule has 144 valence electrons. The van der Waals surface area contributed by atoms with Gasteiger partial charge in [0.25, 0.3) is 0 Å². The minimum atomic E-state index is 0.0189. The molecule has 0 spiro atoms. The van der Waals surface area contributed by atoms with Crippen molar-refractivity contribution >= 4 is 6.03 Å². The summed E-state index contributed by atoms with van der Waals surface area (Å²) in [7, 11) is 0. The van der Waals surface area contributed by atoms with Crippen LogP contribution in [0.3, 0.4) is 0 Å². The van der Waals surface area contributed by atoms with E-state index < -0.39 is 0 Å². The number of hydrogen-bond donors (Lipinski definition) is 1. The number of aromatic nitrogens is 2. The molecule has 2 amide bonds. The van der Waals surface area contributed by atoms with Crippen molar-refractivity contribution in [3.05, 3.63) is 53.3 Å². The molecule has 2 atom stereocenters. The molecule has 1 N–H and O–H groups in total. The highest BCUT2D eigenvalue weighted by atomic mass is 16.5. The molecule has 2 heterocycles. The van der Waals surface area contributed by atoms with Crippen LogP contribution in [-0.2, 0) is 17.7 Å². The molecule has 2 aliphatic rings. The number of ether oxygens (including phenoxy) is 1. The fourth-order valence-corrected chi connectivity index (χ4v) is 4.05. The first-order valence-electron chi connectivity index (χ1n) is 10.00. The van der Waals surface area contributed by atoms with Gasteiger partial charge >= 0.3 is 6.03 Å². The van der Waals surface area contributed by atoms with E-state index in [-0.39, 0.29) is 18.2 Å². The Bertz CT molecular complexity index is 774. The second-order valence-corrected chi connectivity index (χ2v) is 7.43. The number of nitrogens with zero attached hydrogens (tertiary/aromatic N) is 3. The van der Waals surface area contributed by atoms with Crippen molar-refractivity contribution in [2.45, 2.75) is 51.3 Å². The molecule has 0 bridgehead atoms. The monoisotopic (exact) mass is 368 g/mol. The quantitative estimate of drug-likeness (QED) is 0.902. The van der Waals surface area contributed by atoms with Gasteiger partial charge in [-0.2, -0.15) is 5.10 Å². The Balaban J connectivity index is 1.45. The summed E-state index contributed by atoms with van der Waals surface area (Å²) in [5, 5.41) is 7.86. The van der Waals surface area contributed by atoms with Crippen LogP contribution in [0, 0.1) is 0 Å². The number of urea groups is 1. The molecule has 27 heavy (non-hydrogen) atoms. The van der Waals surface area contributed by atoms with E-state index >= 15 is 0 Å². The van der Waals surface area contributed by atoms with Crippen molar-refractivity contribution in [2.24, 2.45) is 0 Å². The van der Waals surface area contributed by atoms with Crippen LogP contribution in [0.2, 0.25) is 0 Å². The number of hydrogen-bond acceptors (Lipinski definition) is 3. The zero-order valence-corrected chi connectivity index (χ0v) is 15.9. The average molecular weight is 368 g/mol. The highest BCUT2D eigenvalue weighted by Gasteiger charge is 2.29. The third-order valence-electron chi connectivity index (χ3n) is 5.62. The molecule has 4 rings (SSSR count). The lowest BCUT2D eigenvalue weighted by atomic mass is 9.93. The predicted octanol–water partition coefficient (Wildman–Crippen LogP) is 3.13. The lowest BCUT2D eigenvalue weighted by Gasteiger charge is -2.34. The SMILES string of the molecule is CC[C@@H]1CN(C(=O)N[C@H]2CCCc3c2cnn3Cc2ccccc2)CCO1. The second kappa shape index (κ2) is 8.13. The zero-order chi connectivity index (χ0) is 18.6. The average Bonchev–Trinajstić information content (AvgIpc) is 3.12. The van der Waals surface area contributed by atoms with Gasteiger partial charge in [0.05, 0.1) is 31.5 Å². The summed E-state index contributed by atoms with van der Waals surface area (Å²) >= 11 is 0. The van der Waals surface area contributed by atoms with Gasteiger partial charge < -0.3 is 15.0 Å². The zero-order valence-electron chi connectivity index (χ0n) is 15.9. The van der Waals surface area contributed by atoms with E-state index in [0.717, 1.165) is 32.2 Å². The Hall–Kier alpha value is -2.34. The number of benzene rings is 1. The van der Waals surface area contributed by atoms with Crippen LogP contribution in [0.5, 0.6) is 0 Å². The smallest absolute Gasteiger partial charge is 0.318 e. The number of fused-ring (bicyclic) bond motifs is 1. The Labute approximate surface area is 160 Å². The summed E-state index contributed by atoms with van der Waals surface area (Å²) < 4.78 is 7.77. The van der Waals surface area contributed by atoms with Gasteiger partial charge in [-0.15, -0.1) is 0 Å². The third kappa shape index (κ3) is 4.00. The molecule has 0 radical (unpaired) electrons. The van der Waals surface area contributed by atoms with E-state index in [1.165, 1.54) is 16.8 Å². The van der Waals surface area contributed by atoms with Crippen molar-refractivity contribution in [1.82, 2.24) is 20.0 Å². The van der Waals surface area contributed by atoms with E-state index in [0.29, 0.717) is 19.7 Å². The van der Waals surface area contributed by atoms with Crippen LogP contribution in [0.4, 0.5) is 4.79 Å². The number of carbonyl (C=O) groups excluding carboxylic acids is 1. The predicted molar refractivity (Wildman–Crippen MR) is 104 cm³/mol. The fraction of sp³-hybridized carbons (Fsp3) is 0.524. The van der Waals surface area contributed by atoms with Crippen molar-refractivity contribution < 1.29 is 9.53 Å². The molecule has 1 saturated heterocycles. The van der Waals surface area contributed by atoms with Gasteiger partial charge in [0, 0.05) is 24.3 Å². The Morgan fingerprint density at radius 1 is 1.33 bits per heavy atom. The second-order valence-electron chi connectivity index (χ2n) is 7.43. The lowest BCUT2D eigenvalue weighted by molar-refractivity contribution is -0.0157. The normalized spacial score (nSPS) is 22.3. The molecule has 6 heteroatoms. The van der Waals surface area contributed by atoms with E-state index in [1.54, 1.807) is 0 Å². The molecular weight excluding hydrogens is 340 g/mol. The first-order chi connectivity index (χ1) is 13.2. The van der Waals surface area contributed by atoms with Gasteiger partial charge in [-0.05, 0) is 31.2 Å². The molecule has 1 aliphatic carbocycles. The third-order valence-corrected chi connectivity index (χ3v) is 5.62. The number of nitrogens with one attached hydrogen (secondary N) is 1. The summed E-state index contributed by atoms with van der Waals surface area (Å²) in [6.45, 7) is 4.83. The summed E-state index contributed by atoms with van der Waals surface area (Å²) in [5.41, 5.74) is 3.67. The number of morpholine rings is 1. The Kier molecular flexibility index (Phi) is 5.43. The highest BCUT2D eigenvalue weighted by molar-refractivity contribution is 5.75. The molecular formula is C21H28N4O2. The first-order valence-corrected chi connectivity index (χ1v) is 10.00. The molecule has 1 aromatic carbocycles. The topological polar surface area (TPSA) is 59.4 Å². The molecule has 6 nitrogen and oxygen atoms in total. The first kappa shape index (κ1) is 18.0. The van der Waals surface area contributed by atoms with Gasteiger partial charge in [-0.3, -0.25) is 4.68 Å². The van der Waals surface area contributed by atoms with Crippen molar-refractivity contribution in [2.75, 3.05) is 19.7 Å². The minimum absolute atomic E-state index is 0.0189. The molecule has 0 saturated carbocycles. The number of amides is 2. The maximum Gasteiger partial charge on any atom is 0.318 e. The van der Waals surface area contributed by atoms with E-state index in [9.17, 15) is 4.79 Å². The van der Waals surface area contributed by atoms with Crippen molar-refractivity contribution in [1.29, 1.82) is 0 Å². The summed E-state index contributed by atoms with van der Waals surface area (Å²) in [5.74, 6) is 0. The maximum atomic E-state index is 12.8. The van der Waals surface area contributed by atoms with Crippen LogP contribution in [0.1, 0.15) is 49.0 Å². The van der Waals surface area contributed by atoms with Gasteiger partial charge in [-0.1, -0.05) is 37.3 Å². The molecule has 1 aromatic heterocycles. The van der Waals surface area contributed by atoms with Crippen LogP contribution in [0.25, 0.3) is 0 Å². The van der Waals surface area contributed by atoms with Crippen LogP contribution in [0.15, 0.2) is 36.5 Å². The van der Waals surface area contributed by atoms with Crippen LogP contribution in [-0.4, -0.2) is 46.5 Å². The summed E-state index contributed by atoms with van der Waals surface area (Å²) in [6, 6.07) is 10.5. The van der Waals surface area contributed by atoms with Gasteiger partial charge in [0.2, 0.25) is 0 Å². The fourth-order valence-electron chi connectivity index (χ4n) is 4.05. The Morgan fingerprint density at radius 3 is 3.00 bits per heavy atom. The van der Waals surface area contributed by atoms with Gasteiger partial charge in [-0.25, -0.2) is 4.79 Å². The molecule has 0 unspecified atom stereocenters. The molecule has 1 fully saturated rings. The summed E-state index contributed by atoms with van der Waals surface area (Å²) in [6.07, 6.45) is 6.08. The van der Waals surface area contributed by atoms with Crippen LogP contribution < -0.4 is 5.32 Å². The number of carbonyl (C=O) groups is 1.